The maximum atomic E-state index is 14.4. The predicted molar refractivity (Wildman–Crippen MR) is 104 cm³/mol. The third kappa shape index (κ3) is 3.57. The molecule has 2 aromatic heterocycles. The molecule has 29 heavy (non-hydrogen) atoms. The van der Waals surface area contributed by atoms with Gasteiger partial charge in [0.2, 0.25) is 0 Å². The van der Waals surface area contributed by atoms with Crippen molar-refractivity contribution in [3.63, 3.8) is 0 Å². The molecule has 0 aliphatic rings. The largest absolute Gasteiger partial charge is 0.497 e. The Bertz CT molecular complexity index is 1170. The second kappa shape index (κ2) is 7.55. The number of anilines is 1. The fourth-order valence-electron chi connectivity index (χ4n) is 2.90. The highest BCUT2D eigenvalue weighted by Gasteiger charge is 2.18. The molecule has 146 valence electrons. The summed E-state index contributed by atoms with van der Waals surface area (Å²) in [5, 5.41) is 14.7. The van der Waals surface area contributed by atoms with Crippen LogP contribution in [-0.2, 0) is 0 Å². The third-order valence-electron chi connectivity index (χ3n) is 4.36. The minimum atomic E-state index is -0.511. The highest BCUT2D eigenvalue weighted by atomic mass is 19.1. The van der Waals surface area contributed by atoms with Gasteiger partial charge in [0.05, 0.1) is 18.5 Å². The molecule has 0 unspecified atom stereocenters. The molecule has 4 aromatic rings. The van der Waals surface area contributed by atoms with Crippen LogP contribution in [0, 0.1) is 12.7 Å². The van der Waals surface area contributed by atoms with E-state index in [1.165, 1.54) is 16.8 Å². The number of nitrogens with one attached hydrogen (secondary N) is 1. The molecular formula is C20H17FN6O2. The molecule has 2 heterocycles. The molecular weight excluding hydrogens is 375 g/mol. The maximum Gasteiger partial charge on any atom is 0.278 e. The van der Waals surface area contributed by atoms with Crippen LogP contribution >= 0.6 is 0 Å². The molecule has 0 spiro atoms. The van der Waals surface area contributed by atoms with E-state index in [2.05, 4.69) is 20.7 Å². The van der Waals surface area contributed by atoms with E-state index in [0.29, 0.717) is 22.8 Å². The number of hydrogen-bond donors (Lipinski definition) is 1. The predicted octanol–water partition coefficient (Wildman–Crippen LogP) is 3.16. The van der Waals surface area contributed by atoms with Crippen LogP contribution in [0.4, 0.5) is 10.1 Å². The van der Waals surface area contributed by atoms with Gasteiger partial charge in [-0.25, -0.2) is 13.8 Å². The van der Waals surface area contributed by atoms with Gasteiger partial charge in [0, 0.05) is 24.1 Å². The summed E-state index contributed by atoms with van der Waals surface area (Å²) in [6.45, 7) is 1.73. The number of carbonyl (C=O) groups excluding carboxylic acids is 1. The number of methoxy groups -OCH3 is 1. The zero-order chi connectivity index (χ0) is 20.4. The fraction of sp³-hybridized carbons (Fsp3) is 0.100. The second-order valence-electron chi connectivity index (χ2n) is 6.21. The molecule has 8 nitrogen and oxygen atoms in total. The summed E-state index contributed by atoms with van der Waals surface area (Å²) in [6.07, 6.45) is 3.19. The first-order valence-corrected chi connectivity index (χ1v) is 8.74. The topological polar surface area (TPSA) is 86.9 Å². The van der Waals surface area contributed by atoms with Gasteiger partial charge >= 0.3 is 0 Å². The van der Waals surface area contributed by atoms with Crippen LogP contribution < -0.4 is 10.1 Å². The molecule has 4 rings (SSSR count). The van der Waals surface area contributed by atoms with Crippen LogP contribution in [0.15, 0.2) is 60.9 Å². The van der Waals surface area contributed by atoms with Crippen LogP contribution in [0.2, 0.25) is 0 Å². The van der Waals surface area contributed by atoms with E-state index >= 15 is 0 Å². The fourth-order valence-corrected chi connectivity index (χ4v) is 2.90. The molecule has 0 fully saturated rings. The Hall–Kier alpha value is -4.01. The molecule has 0 saturated carbocycles. The molecule has 0 radical (unpaired) electrons. The molecule has 9 heteroatoms. The number of ether oxygens (including phenoxy) is 1. The summed E-state index contributed by atoms with van der Waals surface area (Å²) in [5.41, 5.74) is 1.99. The quantitative estimate of drug-likeness (QED) is 0.564. The van der Waals surface area contributed by atoms with Crippen molar-refractivity contribution in [2.45, 2.75) is 6.92 Å². The number of halogens is 1. The number of benzene rings is 2. The summed E-state index contributed by atoms with van der Waals surface area (Å²) in [4.78, 5) is 12.6. The Morgan fingerprint density at radius 1 is 1.17 bits per heavy atom. The normalized spacial score (nSPS) is 10.7. The lowest BCUT2D eigenvalue weighted by atomic mass is 10.2. The van der Waals surface area contributed by atoms with Gasteiger partial charge in [-0.15, -0.1) is 5.10 Å². The molecule has 2 aromatic carbocycles. The van der Waals surface area contributed by atoms with Crippen molar-refractivity contribution in [3.8, 4) is 17.1 Å². The van der Waals surface area contributed by atoms with Crippen molar-refractivity contribution < 1.29 is 13.9 Å². The minimum Gasteiger partial charge on any atom is -0.497 e. The Morgan fingerprint density at radius 3 is 2.76 bits per heavy atom. The third-order valence-corrected chi connectivity index (χ3v) is 4.36. The summed E-state index contributed by atoms with van der Waals surface area (Å²) >= 11 is 0. The highest BCUT2D eigenvalue weighted by Crippen LogP contribution is 2.20. The van der Waals surface area contributed by atoms with Crippen LogP contribution in [0.1, 0.15) is 16.2 Å². The first kappa shape index (κ1) is 18.4. The van der Waals surface area contributed by atoms with Crippen molar-refractivity contribution in [2.24, 2.45) is 0 Å². The smallest absolute Gasteiger partial charge is 0.278 e. The lowest BCUT2D eigenvalue weighted by Gasteiger charge is -2.08. The van der Waals surface area contributed by atoms with E-state index in [9.17, 15) is 9.18 Å². The number of amides is 1. The Balaban J connectivity index is 1.56. The minimum absolute atomic E-state index is 0.143. The first-order chi connectivity index (χ1) is 14.1. The molecule has 1 amide bonds. The molecule has 0 bridgehead atoms. The average molecular weight is 392 g/mol. The monoisotopic (exact) mass is 392 g/mol. The van der Waals surface area contributed by atoms with Gasteiger partial charge in [0.25, 0.3) is 5.91 Å². The van der Waals surface area contributed by atoms with Gasteiger partial charge in [-0.05, 0) is 43.3 Å². The number of hydrogen-bond acceptors (Lipinski definition) is 5. The van der Waals surface area contributed by atoms with E-state index in [-0.39, 0.29) is 11.4 Å². The maximum absolute atomic E-state index is 14.4. The zero-order valence-corrected chi connectivity index (χ0v) is 15.7. The van der Waals surface area contributed by atoms with Gasteiger partial charge in [0.15, 0.2) is 11.5 Å². The number of nitrogens with zero attached hydrogens (tertiary/aromatic N) is 5. The van der Waals surface area contributed by atoms with E-state index < -0.39 is 11.7 Å². The van der Waals surface area contributed by atoms with Gasteiger partial charge < -0.3 is 10.1 Å². The van der Waals surface area contributed by atoms with Crippen LogP contribution in [-0.4, -0.2) is 37.8 Å². The van der Waals surface area contributed by atoms with Crippen LogP contribution in [0.3, 0.4) is 0 Å². The van der Waals surface area contributed by atoms with Crippen molar-refractivity contribution in [3.05, 3.63) is 78.1 Å². The first-order valence-electron chi connectivity index (χ1n) is 8.74. The number of carbonyl (C=O) groups is 1. The summed E-state index contributed by atoms with van der Waals surface area (Å²) < 4.78 is 22.5. The highest BCUT2D eigenvalue weighted by molar-refractivity contribution is 6.03. The van der Waals surface area contributed by atoms with E-state index in [1.807, 2.05) is 18.2 Å². The zero-order valence-electron chi connectivity index (χ0n) is 15.7. The van der Waals surface area contributed by atoms with Gasteiger partial charge in [-0.3, -0.25) is 4.79 Å². The molecule has 0 aliphatic heterocycles. The van der Waals surface area contributed by atoms with Gasteiger partial charge in [-0.1, -0.05) is 11.3 Å². The standard InChI is InChI=1S/C20H17FN6O2/c1-13-19(24-25-27(13)15-5-3-6-16(12-15)29-2)20(28)23-14-7-8-18(17(21)11-14)26-10-4-9-22-26/h3-12H,1-2H3,(H,23,28). The van der Waals surface area contributed by atoms with Crippen molar-refractivity contribution in [1.29, 1.82) is 0 Å². The molecule has 0 atom stereocenters. The average Bonchev–Trinajstić information content (AvgIpc) is 3.38. The van der Waals surface area contributed by atoms with E-state index in [0.717, 1.165) is 0 Å². The molecule has 0 saturated heterocycles. The summed E-state index contributed by atoms with van der Waals surface area (Å²) in [5.74, 6) is -0.331. The van der Waals surface area contributed by atoms with Crippen LogP contribution in [0.25, 0.3) is 11.4 Å². The SMILES string of the molecule is COc1cccc(-n2nnc(C(=O)Nc3ccc(-n4cccn4)c(F)c3)c2C)c1. The Labute approximate surface area is 165 Å². The molecule has 1 N–H and O–H groups in total. The summed E-state index contributed by atoms with van der Waals surface area (Å²) in [6, 6.07) is 13.3. The van der Waals surface area contributed by atoms with E-state index in [1.54, 1.807) is 49.3 Å². The Morgan fingerprint density at radius 2 is 2.03 bits per heavy atom. The second-order valence-corrected chi connectivity index (χ2v) is 6.21. The lowest BCUT2D eigenvalue weighted by molar-refractivity contribution is 0.102. The van der Waals surface area contributed by atoms with Crippen LogP contribution in [0.5, 0.6) is 5.75 Å². The van der Waals surface area contributed by atoms with Gasteiger partial charge in [-0.2, -0.15) is 5.10 Å². The van der Waals surface area contributed by atoms with Crippen molar-refractivity contribution >= 4 is 11.6 Å². The van der Waals surface area contributed by atoms with Gasteiger partial charge in [0.1, 0.15) is 11.4 Å². The summed E-state index contributed by atoms with van der Waals surface area (Å²) in [7, 11) is 1.57. The molecule has 0 aliphatic carbocycles. The number of rotatable bonds is 5. The van der Waals surface area contributed by atoms with Crippen molar-refractivity contribution in [2.75, 3.05) is 12.4 Å². The van der Waals surface area contributed by atoms with E-state index in [4.69, 9.17) is 4.74 Å². The Kier molecular flexibility index (Phi) is 4.78. The lowest BCUT2D eigenvalue weighted by Crippen LogP contribution is -2.14. The van der Waals surface area contributed by atoms with Crippen molar-refractivity contribution in [1.82, 2.24) is 24.8 Å². The number of aromatic nitrogens is 5.